The minimum absolute atomic E-state index is 0.0556. The number of aliphatic hydroxyl groups is 1. The number of hydrogen-bond acceptors (Lipinski definition) is 5. The van der Waals surface area contributed by atoms with Gasteiger partial charge in [-0.1, -0.05) is 0 Å². The number of carboxylic acid groups (broad SMARTS) is 1. The van der Waals surface area contributed by atoms with Crippen LogP contribution in [0.1, 0.15) is 12.0 Å². The molecule has 0 aromatic heterocycles. The number of sulfonamides is 1. The number of methoxy groups -OCH3 is 1. The molecule has 0 saturated carbocycles. The molecule has 20 heavy (non-hydrogen) atoms. The van der Waals surface area contributed by atoms with Crippen molar-refractivity contribution >= 4 is 16.0 Å². The van der Waals surface area contributed by atoms with Crippen LogP contribution in [-0.2, 0) is 14.8 Å². The summed E-state index contributed by atoms with van der Waals surface area (Å²) >= 11 is 0. The van der Waals surface area contributed by atoms with E-state index in [4.69, 9.17) is 14.9 Å². The number of benzene rings is 1. The molecule has 1 atom stereocenters. The summed E-state index contributed by atoms with van der Waals surface area (Å²) in [7, 11) is -2.50. The van der Waals surface area contributed by atoms with E-state index in [0.717, 1.165) is 0 Å². The highest BCUT2D eigenvalue weighted by atomic mass is 32.2. The number of aryl methyl sites for hydroxylation is 1. The number of aliphatic carboxylic acids is 1. The third-order valence-corrected chi connectivity index (χ3v) is 4.16. The highest BCUT2D eigenvalue weighted by Crippen LogP contribution is 2.21. The smallest absolute Gasteiger partial charge is 0.321 e. The van der Waals surface area contributed by atoms with Crippen molar-refractivity contribution in [3.63, 3.8) is 0 Å². The molecule has 0 aliphatic carbocycles. The normalized spacial score (nSPS) is 12.9. The second-order valence-electron chi connectivity index (χ2n) is 4.16. The van der Waals surface area contributed by atoms with E-state index in [1.165, 1.54) is 25.3 Å². The summed E-state index contributed by atoms with van der Waals surface area (Å²) in [5, 5.41) is 17.6. The van der Waals surface area contributed by atoms with E-state index in [-0.39, 0.29) is 11.3 Å². The molecule has 0 amide bonds. The fourth-order valence-electron chi connectivity index (χ4n) is 1.64. The van der Waals surface area contributed by atoms with Crippen molar-refractivity contribution in [1.82, 2.24) is 4.72 Å². The minimum atomic E-state index is -3.97. The summed E-state index contributed by atoms with van der Waals surface area (Å²) in [6.45, 7) is 1.25. The molecule has 112 valence electrons. The molecule has 0 spiro atoms. The van der Waals surface area contributed by atoms with E-state index < -0.39 is 28.6 Å². The number of carbonyl (C=O) groups is 1. The van der Waals surface area contributed by atoms with E-state index in [1.54, 1.807) is 6.92 Å². The molecule has 1 aromatic rings. The van der Waals surface area contributed by atoms with Crippen LogP contribution in [0.5, 0.6) is 5.75 Å². The van der Waals surface area contributed by atoms with Crippen molar-refractivity contribution < 1.29 is 28.2 Å². The van der Waals surface area contributed by atoms with Gasteiger partial charge in [0.15, 0.2) is 0 Å². The molecule has 0 fully saturated rings. The Hall–Kier alpha value is -1.64. The number of rotatable bonds is 7. The van der Waals surface area contributed by atoms with Crippen LogP contribution in [0.15, 0.2) is 23.1 Å². The van der Waals surface area contributed by atoms with Gasteiger partial charge in [0.2, 0.25) is 10.0 Å². The van der Waals surface area contributed by atoms with Crippen LogP contribution in [0.3, 0.4) is 0 Å². The van der Waals surface area contributed by atoms with Crippen molar-refractivity contribution in [2.45, 2.75) is 24.3 Å². The molecule has 0 bridgehead atoms. The van der Waals surface area contributed by atoms with Crippen LogP contribution in [0.25, 0.3) is 0 Å². The van der Waals surface area contributed by atoms with E-state index in [2.05, 4.69) is 0 Å². The molecular formula is C12H17NO6S. The molecule has 0 radical (unpaired) electrons. The predicted octanol–water partition coefficient (Wildman–Crippen LogP) is 0.118. The zero-order chi connectivity index (χ0) is 15.3. The van der Waals surface area contributed by atoms with E-state index in [1.807, 2.05) is 4.72 Å². The highest BCUT2D eigenvalue weighted by Gasteiger charge is 2.25. The Labute approximate surface area is 117 Å². The van der Waals surface area contributed by atoms with Gasteiger partial charge in [0.25, 0.3) is 0 Å². The summed E-state index contributed by atoms with van der Waals surface area (Å²) < 4.78 is 31.2. The molecule has 0 aliphatic heterocycles. The summed E-state index contributed by atoms with van der Waals surface area (Å²) in [5.41, 5.74) is 0.615. The summed E-state index contributed by atoms with van der Waals surface area (Å²) in [5.74, 6) is -0.804. The lowest BCUT2D eigenvalue weighted by Crippen LogP contribution is -2.41. The Kier molecular flexibility index (Phi) is 5.49. The van der Waals surface area contributed by atoms with Gasteiger partial charge in [-0.25, -0.2) is 8.42 Å². The van der Waals surface area contributed by atoms with Gasteiger partial charge in [-0.2, -0.15) is 4.72 Å². The van der Waals surface area contributed by atoms with Gasteiger partial charge in [-0.3, -0.25) is 4.79 Å². The van der Waals surface area contributed by atoms with Crippen molar-refractivity contribution in [1.29, 1.82) is 0 Å². The van der Waals surface area contributed by atoms with E-state index >= 15 is 0 Å². The number of aliphatic hydroxyl groups excluding tert-OH is 1. The maximum atomic E-state index is 12.1. The molecule has 0 heterocycles. The van der Waals surface area contributed by atoms with Gasteiger partial charge in [-0.05, 0) is 37.1 Å². The fraction of sp³-hybridized carbons (Fsp3) is 0.417. The fourth-order valence-corrected chi connectivity index (χ4v) is 2.94. The third-order valence-electron chi connectivity index (χ3n) is 2.69. The lowest BCUT2D eigenvalue weighted by atomic mass is 10.2. The summed E-state index contributed by atoms with van der Waals surface area (Å²) in [4.78, 5) is 10.9. The molecule has 8 heteroatoms. The molecule has 3 N–H and O–H groups in total. The predicted molar refractivity (Wildman–Crippen MR) is 71.2 cm³/mol. The van der Waals surface area contributed by atoms with Gasteiger partial charge >= 0.3 is 5.97 Å². The Balaban J connectivity index is 3.04. The molecule has 0 aliphatic rings. The zero-order valence-corrected chi connectivity index (χ0v) is 12.0. The van der Waals surface area contributed by atoms with Crippen LogP contribution in [0.4, 0.5) is 0 Å². The second-order valence-corrected chi connectivity index (χ2v) is 5.87. The van der Waals surface area contributed by atoms with Crippen molar-refractivity contribution in [2.24, 2.45) is 0 Å². The minimum Gasteiger partial charge on any atom is -0.496 e. The number of nitrogens with one attached hydrogen (secondary N) is 1. The molecular weight excluding hydrogens is 286 g/mol. The third kappa shape index (κ3) is 3.92. The van der Waals surface area contributed by atoms with Crippen molar-refractivity contribution in [3.8, 4) is 5.75 Å². The second kappa shape index (κ2) is 6.69. The largest absolute Gasteiger partial charge is 0.496 e. The molecule has 1 unspecified atom stereocenters. The first-order valence-electron chi connectivity index (χ1n) is 5.82. The van der Waals surface area contributed by atoms with Gasteiger partial charge in [-0.15, -0.1) is 0 Å². The highest BCUT2D eigenvalue weighted by molar-refractivity contribution is 7.89. The maximum absolute atomic E-state index is 12.1. The van der Waals surface area contributed by atoms with Crippen LogP contribution in [-0.4, -0.2) is 44.4 Å². The Morgan fingerprint density at radius 1 is 1.45 bits per heavy atom. The van der Waals surface area contributed by atoms with Crippen LogP contribution in [0, 0.1) is 6.92 Å². The van der Waals surface area contributed by atoms with Crippen LogP contribution in [0.2, 0.25) is 0 Å². The maximum Gasteiger partial charge on any atom is 0.321 e. The van der Waals surface area contributed by atoms with Crippen LogP contribution >= 0.6 is 0 Å². The van der Waals surface area contributed by atoms with E-state index in [0.29, 0.717) is 11.3 Å². The molecule has 1 aromatic carbocycles. The summed E-state index contributed by atoms with van der Waals surface area (Å²) in [6, 6.07) is 2.84. The zero-order valence-electron chi connectivity index (χ0n) is 11.2. The first-order chi connectivity index (χ1) is 9.31. The van der Waals surface area contributed by atoms with Gasteiger partial charge in [0, 0.05) is 6.61 Å². The Bertz CT molecular complexity index is 584. The Morgan fingerprint density at radius 2 is 2.10 bits per heavy atom. The monoisotopic (exact) mass is 303 g/mol. The SMILES string of the molecule is COc1ccc(S(=O)(=O)NC(CCO)C(=O)O)cc1C. The first-order valence-corrected chi connectivity index (χ1v) is 7.30. The quantitative estimate of drug-likeness (QED) is 0.659. The average molecular weight is 303 g/mol. The lowest BCUT2D eigenvalue weighted by Gasteiger charge is -2.14. The number of carboxylic acids is 1. The summed E-state index contributed by atoms with van der Waals surface area (Å²) in [6.07, 6.45) is -0.205. The lowest BCUT2D eigenvalue weighted by molar-refractivity contribution is -0.139. The first kappa shape index (κ1) is 16.4. The topological polar surface area (TPSA) is 113 Å². The number of ether oxygens (including phenoxy) is 1. The molecule has 0 saturated heterocycles. The Morgan fingerprint density at radius 3 is 2.55 bits per heavy atom. The number of hydrogen-bond donors (Lipinski definition) is 3. The van der Waals surface area contributed by atoms with E-state index in [9.17, 15) is 13.2 Å². The molecule has 1 rings (SSSR count). The average Bonchev–Trinajstić information content (AvgIpc) is 2.37. The van der Waals surface area contributed by atoms with Crippen LogP contribution < -0.4 is 9.46 Å². The van der Waals surface area contributed by atoms with Gasteiger partial charge in [0.1, 0.15) is 11.8 Å². The standard InChI is InChI=1S/C12H17NO6S/c1-8-7-9(3-4-11(8)19-2)20(17,18)13-10(5-6-14)12(15)16/h3-4,7,10,13-14H,5-6H2,1-2H3,(H,15,16). The van der Waals surface area contributed by atoms with Gasteiger partial charge in [0.05, 0.1) is 12.0 Å². The van der Waals surface area contributed by atoms with Crippen molar-refractivity contribution in [2.75, 3.05) is 13.7 Å². The van der Waals surface area contributed by atoms with Gasteiger partial charge < -0.3 is 14.9 Å². The molecule has 7 nitrogen and oxygen atoms in total. The van der Waals surface area contributed by atoms with Crippen molar-refractivity contribution in [3.05, 3.63) is 23.8 Å².